The number of carbonyl (C=O) groups is 1. The fourth-order valence-corrected chi connectivity index (χ4v) is 2.19. The summed E-state index contributed by atoms with van der Waals surface area (Å²) in [7, 11) is 0. The minimum Gasteiger partial charge on any atom is -0.396 e. The maximum absolute atomic E-state index is 12.1. The molecule has 0 aliphatic rings. The number of hydrogen-bond donors (Lipinski definition) is 2. The van der Waals surface area contributed by atoms with E-state index in [4.69, 9.17) is 16.7 Å². The molecule has 1 aromatic carbocycles. The van der Waals surface area contributed by atoms with E-state index in [2.05, 4.69) is 10.4 Å². The van der Waals surface area contributed by atoms with E-state index in [-0.39, 0.29) is 17.9 Å². The van der Waals surface area contributed by atoms with Crippen LogP contribution in [0, 0.1) is 5.41 Å². The number of aliphatic hydroxyl groups excluding tert-OH is 1. The van der Waals surface area contributed by atoms with Gasteiger partial charge in [0.2, 0.25) is 0 Å². The second kappa shape index (κ2) is 6.94. The van der Waals surface area contributed by atoms with E-state index >= 15 is 0 Å². The van der Waals surface area contributed by atoms with Crippen LogP contribution in [0.25, 0.3) is 5.69 Å². The minimum atomic E-state index is -0.230. The number of hydrogen-bond acceptors (Lipinski definition) is 3. The Balaban J connectivity index is 2.03. The Labute approximate surface area is 134 Å². The van der Waals surface area contributed by atoms with Crippen LogP contribution in [0.5, 0.6) is 0 Å². The lowest BCUT2D eigenvalue weighted by Crippen LogP contribution is -2.34. The Morgan fingerprint density at radius 1 is 1.41 bits per heavy atom. The Morgan fingerprint density at radius 3 is 2.86 bits per heavy atom. The fraction of sp³-hybridized carbons (Fsp3) is 0.375. The number of aromatic nitrogens is 2. The van der Waals surface area contributed by atoms with E-state index in [9.17, 15) is 4.79 Å². The van der Waals surface area contributed by atoms with E-state index in [0.29, 0.717) is 23.7 Å². The van der Waals surface area contributed by atoms with Gasteiger partial charge in [0.1, 0.15) is 0 Å². The van der Waals surface area contributed by atoms with Gasteiger partial charge in [0.15, 0.2) is 5.69 Å². The summed E-state index contributed by atoms with van der Waals surface area (Å²) in [5.41, 5.74) is 0.992. The monoisotopic (exact) mass is 321 g/mol. The molecule has 2 rings (SSSR count). The maximum Gasteiger partial charge on any atom is 0.271 e. The molecule has 1 amide bonds. The van der Waals surface area contributed by atoms with Crippen LogP contribution in [-0.2, 0) is 0 Å². The molecule has 0 saturated heterocycles. The molecule has 0 atom stereocenters. The molecule has 1 aromatic heterocycles. The summed E-state index contributed by atoms with van der Waals surface area (Å²) in [6.07, 6.45) is 2.35. The van der Waals surface area contributed by atoms with Crippen LogP contribution in [-0.4, -0.2) is 33.9 Å². The molecule has 0 bridgehead atoms. The summed E-state index contributed by atoms with van der Waals surface area (Å²) in [6, 6.07) is 8.92. The highest BCUT2D eigenvalue weighted by atomic mass is 35.5. The van der Waals surface area contributed by atoms with Gasteiger partial charge < -0.3 is 10.4 Å². The summed E-state index contributed by atoms with van der Waals surface area (Å²) in [6.45, 7) is 4.57. The predicted molar refractivity (Wildman–Crippen MR) is 86.4 cm³/mol. The van der Waals surface area contributed by atoms with Gasteiger partial charge in [-0.15, -0.1) is 0 Å². The van der Waals surface area contributed by atoms with Crippen LogP contribution < -0.4 is 5.32 Å². The zero-order valence-electron chi connectivity index (χ0n) is 12.7. The molecule has 0 unspecified atom stereocenters. The van der Waals surface area contributed by atoms with Crippen molar-refractivity contribution in [3.8, 4) is 5.69 Å². The quantitative estimate of drug-likeness (QED) is 0.859. The average molecular weight is 322 g/mol. The van der Waals surface area contributed by atoms with Crippen LogP contribution in [0.15, 0.2) is 36.5 Å². The molecule has 0 saturated carbocycles. The molecular weight excluding hydrogens is 302 g/mol. The highest BCUT2D eigenvalue weighted by molar-refractivity contribution is 6.30. The van der Waals surface area contributed by atoms with E-state index in [0.717, 1.165) is 5.69 Å². The third-order valence-corrected chi connectivity index (χ3v) is 3.65. The second-order valence-corrected chi connectivity index (χ2v) is 6.38. The first-order valence-electron chi connectivity index (χ1n) is 7.12. The van der Waals surface area contributed by atoms with Crippen molar-refractivity contribution in [3.63, 3.8) is 0 Å². The predicted octanol–water partition coefficient (Wildman–Crippen LogP) is 2.66. The number of nitrogens with one attached hydrogen (secondary N) is 1. The smallest absolute Gasteiger partial charge is 0.271 e. The van der Waals surface area contributed by atoms with Crippen molar-refractivity contribution >= 4 is 17.5 Å². The van der Waals surface area contributed by atoms with Crippen molar-refractivity contribution in [1.82, 2.24) is 15.1 Å². The van der Waals surface area contributed by atoms with Gasteiger partial charge in [0.25, 0.3) is 5.91 Å². The standard InChI is InChI=1S/C16H20ClN3O2/c1-16(2,7-9-21)11-18-15(22)14-6-8-20(19-14)13-5-3-4-12(17)10-13/h3-6,8,10,21H,7,9,11H2,1-2H3,(H,18,22). The molecule has 22 heavy (non-hydrogen) atoms. The van der Waals surface area contributed by atoms with E-state index in [1.54, 1.807) is 29.1 Å². The van der Waals surface area contributed by atoms with Crippen LogP contribution >= 0.6 is 11.6 Å². The summed E-state index contributed by atoms with van der Waals surface area (Å²) >= 11 is 5.95. The second-order valence-electron chi connectivity index (χ2n) is 5.95. The first-order valence-corrected chi connectivity index (χ1v) is 7.50. The van der Waals surface area contributed by atoms with Crippen molar-refractivity contribution in [1.29, 1.82) is 0 Å². The number of halogens is 1. The Kier molecular flexibility index (Phi) is 5.21. The van der Waals surface area contributed by atoms with Gasteiger partial charge in [-0.05, 0) is 36.1 Å². The SMILES string of the molecule is CC(C)(CCO)CNC(=O)c1ccn(-c2cccc(Cl)c2)n1. The number of nitrogens with zero attached hydrogens (tertiary/aromatic N) is 2. The molecule has 0 spiro atoms. The molecule has 2 N–H and O–H groups in total. The zero-order valence-corrected chi connectivity index (χ0v) is 13.5. The first kappa shape index (κ1) is 16.5. The third kappa shape index (κ3) is 4.32. The molecule has 0 aliphatic heterocycles. The Morgan fingerprint density at radius 2 is 2.18 bits per heavy atom. The Bertz CT molecular complexity index is 652. The Hall–Kier alpha value is -1.85. The molecule has 5 nitrogen and oxygen atoms in total. The van der Waals surface area contributed by atoms with E-state index in [1.165, 1.54) is 0 Å². The van der Waals surface area contributed by atoms with Gasteiger partial charge >= 0.3 is 0 Å². The summed E-state index contributed by atoms with van der Waals surface area (Å²) in [5.74, 6) is -0.230. The van der Waals surface area contributed by atoms with Crippen LogP contribution in [0.4, 0.5) is 0 Å². The highest BCUT2D eigenvalue weighted by Gasteiger charge is 2.19. The molecule has 6 heteroatoms. The molecule has 0 radical (unpaired) electrons. The number of rotatable bonds is 6. The van der Waals surface area contributed by atoms with Crippen molar-refractivity contribution in [2.45, 2.75) is 20.3 Å². The van der Waals surface area contributed by atoms with Crippen molar-refractivity contribution in [2.75, 3.05) is 13.2 Å². The number of carbonyl (C=O) groups excluding carboxylic acids is 1. The summed E-state index contributed by atoms with van der Waals surface area (Å²) in [4.78, 5) is 12.1. The van der Waals surface area contributed by atoms with Gasteiger partial charge in [0, 0.05) is 24.4 Å². The fourth-order valence-electron chi connectivity index (χ4n) is 2.01. The summed E-state index contributed by atoms with van der Waals surface area (Å²) < 4.78 is 1.61. The van der Waals surface area contributed by atoms with Gasteiger partial charge in [-0.25, -0.2) is 4.68 Å². The van der Waals surface area contributed by atoms with E-state index in [1.807, 2.05) is 26.0 Å². The number of benzene rings is 1. The highest BCUT2D eigenvalue weighted by Crippen LogP contribution is 2.18. The maximum atomic E-state index is 12.1. The average Bonchev–Trinajstić information content (AvgIpc) is 2.95. The van der Waals surface area contributed by atoms with Crippen molar-refractivity contribution in [3.05, 3.63) is 47.2 Å². The lowest BCUT2D eigenvalue weighted by molar-refractivity contribution is 0.0923. The normalized spacial score (nSPS) is 11.5. The largest absolute Gasteiger partial charge is 0.396 e. The third-order valence-electron chi connectivity index (χ3n) is 3.41. The number of amides is 1. The zero-order chi connectivity index (χ0) is 16.2. The van der Waals surface area contributed by atoms with Gasteiger partial charge in [0.05, 0.1) is 5.69 Å². The molecule has 118 valence electrons. The first-order chi connectivity index (χ1) is 10.4. The van der Waals surface area contributed by atoms with Crippen LogP contribution in [0.1, 0.15) is 30.8 Å². The van der Waals surface area contributed by atoms with Gasteiger partial charge in [-0.1, -0.05) is 31.5 Å². The lowest BCUT2D eigenvalue weighted by atomic mass is 9.90. The number of aliphatic hydroxyl groups is 1. The van der Waals surface area contributed by atoms with Gasteiger partial charge in [-0.3, -0.25) is 4.79 Å². The summed E-state index contributed by atoms with van der Waals surface area (Å²) in [5, 5.41) is 16.7. The molecule has 2 aromatic rings. The van der Waals surface area contributed by atoms with Crippen molar-refractivity contribution < 1.29 is 9.90 Å². The molecular formula is C16H20ClN3O2. The van der Waals surface area contributed by atoms with E-state index < -0.39 is 0 Å². The topological polar surface area (TPSA) is 67.2 Å². The molecule has 1 heterocycles. The van der Waals surface area contributed by atoms with Gasteiger partial charge in [-0.2, -0.15) is 5.10 Å². The minimum absolute atomic E-state index is 0.103. The molecule has 0 fully saturated rings. The van der Waals surface area contributed by atoms with Crippen LogP contribution in [0.3, 0.4) is 0 Å². The molecule has 0 aliphatic carbocycles. The van der Waals surface area contributed by atoms with Crippen LogP contribution in [0.2, 0.25) is 5.02 Å². The lowest BCUT2D eigenvalue weighted by Gasteiger charge is -2.23. The van der Waals surface area contributed by atoms with Crippen molar-refractivity contribution in [2.24, 2.45) is 5.41 Å².